The fourth-order valence-electron chi connectivity index (χ4n) is 2.14. The van der Waals surface area contributed by atoms with Gasteiger partial charge in [-0.15, -0.1) is 0 Å². The molecule has 0 bridgehead atoms. The van der Waals surface area contributed by atoms with E-state index in [-0.39, 0.29) is 11.7 Å². The summed E-state index contributed by atoms with van der Waals surface area (Å²) in [5.74, 6) is 0.675. The van der Waals surface area contributed by atoms with Gasteiger partial charge in [-0.2, -0.15) is 0 Å². The van der Waals surface area contributed by atoms with Gasteiger partial charge < -0.3 is 15.2 Å². The molecule has 1 saturated heterocycles. The van der Waals surface area contributed by atoms with Crippen LogP contribution in [0.2, 0.25) is 0 Å². The molecule has 2 aromatic rings. The zero-order valence-electron chi connectivity index (χ0n) is 13.0. The molecule has 122 valence electrons. The van der Waals surface area contributed by atoms with Gasteiger partial charge in [-0.3, -0.25) is 4.79 Å². The number of nitrogens with zero attached hydrogens (tertiary/aromatic N) is 1. The maximum absolute atomic E-state index is 12.1. The van der Waals surface area contributed by atoms with Crippen LogP contribution in [0.25, 0.3) is 6.08 Å². The van der Waals surface area contributed by atoms with Crippen LogP contribution in [0.5, 0.6) is 11.5 Å². The topological polar surface area (TPSA) is 70.9 Å². The van der Waals surface area contributed by atoms with E-state index in [0.717, 1.165) is 5.56 Å². The summed E-state index contributed by atoms with van der Waals surface area (Å²) < 4.78 is 5.54. The van der Waals surface area contributed by atoms with Gasteiger partial charge in [-0.1, -0.05) is 24.3 Å². The molecule has 1 aliphatic heterocycles. The van der Waals surface area contributed by atoms with Gasteiger partial charge in [0.15, 0.2) is 5.17 Å². The van der Waals surface area contributed by atoms with Crippen LogP contribution in [0.15, 0.2) is 58.4 Å². The molecule has 1 aliphatic rings. The van der Waals surface area contributed by atoms with Crippen molar-refractivity contribution in [1.82, 2.24) is 5.32 Å². The van der Waals surface area contributed by atoms with E-state index in [4.69, 9.17) is 4.74 Å². The molecule has 1 fully saturated rings. The lowest BCUT2D eigenvalue weighted by Gasteiger charge is -2.06. The molecule has 3 rings (SSSR count). The number of carbonyl (C=O) groups excluding carboxylic acids is 1. The molecule has 0 aliphatic carbocycles. The fraction of sp³-hybridized carbons (Fsp3) is 0.111. The van der Waals surface area contributed by atoms with Crippen molar-refractivity contribution in [3.8, 4) is 11.5 Å². The summed E-state index contributed by atoms with van der Waals surface area (Å²) in [5.41, 5.74) is 1.51. The Morgan fingerprint density at radius 2 is 1.96 bits per heavy atom. The van der Waals surface area contributed by atoms with Gasteiger partial charge in [-0.25, -0.2) is 4.99 Å². The van der Waals surface area contributed by atoms with Gasteiger partial charge in [0.25, 0.3) is 5.91 Å². The number of amidine groups is 1. The maximum Gasteiger partial charge on any atom is 0.264 e. The molecular weight excluding hydrogens is 324 g/mol. The fourth-order valence-corrected chi connectivity index (χ4v) is 2.97. The second kappa shape index (κ2) is 7.23. The van der Waals surface area contributed by atoms with Crippen molar-refractivity contribution in [2.45, 2.75) is 6.92 Å². The van der Waals surface area contributed by atoms with Crippen molar-refractivity contribution in [3.05, 3.63) is 59.0 Å². The van der Waals surface area contributed by atoms with Gasteiger partial charge in [0, 0.05) is 0 Å². The molecule has 6 heteroatoms. The third-order valence-corrected chi connectivity index (χ3v) is 4.14. The van der Waals surface area contributed by atoms with Crippen molar-refractivity contribution < 1.29 is 14.6 Å². The van der Waals surface area contributed by atoms with E-state index in [2.05, 4.69) is 10.3 Å². The van der Waals surface area contributed by atoms with Gasteiger partial charge in [0.05, 0.1) is 11.5 Å². The first kappa shape index (κ1) is 16.1. The molecule has 2 aromatic carbocycles. The molecule has 0 atom stereocenters. The number of benzene rings is 2. The Labute approximate surface area is 144 Å². The van der Waals surface area contributed by atoms with Crippen LogP contribution in [-0.4, -0.2) is 22.8 Å². The van der Waals surface area contributed by atoms with Crippen LogP contribution >= 0.6 is 11.8 Å². The molecule has 0 unspecified atom stereocenters. The normalized spacial score (nSPS) is 17.3. The number of hydrogen-bond acceptors (Lipinski definition) is 5. The third-order valence-electron chi connectivity index (χ3n) is 3.23. The number of thioether (sulfide) groups is 1. The van der Waals surface area contributed by atoms with E-state index in [1.165, 1.54) is 11.8 Å². The summed E-state index contributed by atoms with van der Waals surface area (Å²) in [7, 11) is 0. The highest BCUT2D eigenvalue weighted by molar-refractivity contribution is 8.18. The average Bonchev–Trinajstić information content (AvgIpc) is 2.91. The number of hydrogen-bond donors (Lipinski definition) is 2. The Kier molecular flexibility index (Phi) is 4.86. The Hall–Kier alpha value is -2.73. The first-order valence-electron chi connectivity index (χ1n) is 7.46. The lowest BCUT2D eigenvalue weighted by Crippen LogP contribution is -2.19. The van der Waals surface area contributed by atoms with Gasteiger partial charge >= 0.3 is 0 Å². The number of phenols is 1. The third kappa shape index (κ3) is 3.78. The first-order chi connectivity index (χ1) is 11.7. The largest absolute Gasteiger partial charge is 0.508 e. The minimum Gasteiger partial charge on any atom is -0.508 e. The number of phenolic OH excluding ortho intramolecular Hbond substituents is 1. The summed E-state index contributed by atoms with van der Waals surface area (Å²) in [6.45, 7) is 2.46. The maximum atomic E-state index is 12.1. The standard InChI is InChI=1S/C18H16N2O3S/c1-2-23-15-6-4-3-5-14(15)19-18-20-17(22)16(24-18)11-12-7-9-13(21)10-8-12/h3-11,21H,2H2,1H3,(H,19,20,22). The van der Waals surface area contributed by atoms with Crippen LogP contribution in [-0.2, 0) is 4.79 Å². The monoisotopic (exact) mass is 340 g/mol. The Balaban J connectivity index is 1.83. The van der Waals surface area contributed by atoms with Crippen molar-refractivity contribution in [2.24, 2.45) is 4.99 Å². The number of carbonyl (C=O) groups is 1. The zero-order valence-corrected chi connectivity index (χ0v) is 13.8. The second-order valence-electron chi connectivity index (χ2n) is 4.97. The van der Waals surface area contributed by atoms with Crippen molar-refractivity contribution in [1.29, 1.82) is 0 Å². The average molecular weight is 340 g/mol. The number of para-hydroxylation sites is 2. The van der Waals surface area contributed by atoms with E-state index >= 15 is 0 Å². The SMILES string of the molecule is CCOc1ccccc1N=C1NC(=O)C(=Cc2ccc(O)cc2)S1. The Bertz CT molecular complexity index is 813. The van der Waals surface area contributed by atoms with Crippen molar-refractivity contribution in [2.75, 3.05) is 6.61 Å². The van der Waals surface area contributed by atoms with Crippen LogP contribution in [0.4, 0.5) is 5.69 Å². The summed E-state index contributed by atoms with van der Waals surface area (Å²) in [4.78, 5) is 17.1. The Morgan fingerprint density at radius 1 is 1.21 bits per heavy atom. The van der Waals surface area contributed by atoms with Crippen LogP contribution in [0.3, 0.4) is 0 Å². The molecule has 5 nitrogen and oxygen atoms in total. The minimum atomic E-state index is -0.194. The number of aliphatic imine (C=N–C) groups is 1. The Morgan fingerprint density at radius 3 is 2.71 bits per heavy atom. The first-order valence-corrected chi connectivity index (χ1v) is 8.28. The van der Waals surface area contributed by atoms with E-state index < -0.39 is 0 Å². The highest BCUT2D eigenvalue weighted by Gasteiger charge is 2.24. The summed E-state index contributed by atoms with van der Waals surface area (Å²) >= 11 is 1.27. The molecule has 1 heterocycles. The number of nitrogens with one attached hydrogen (secondary N) is 1. The minimum absolute atomic E-state index is 0.190. The molecular formula is C18H16N2O3S. The zero-order chi connectivity index (χ0) is 16.9. The summed E-state index contributed by atoms with van der Waals surface area (Å²) in [6.07, 6.45) is 1.76. The van der Waals surface area contributed by atoms with Crippen LogP contribution in [0, 0.1) is 0 Å². The molecule has 0 radical (unpaired) electrons. The van der Waals surface area contributed by atoms with Gasteiger partial charge in [-0.05, 0) is 54.6 Å². The van der Waals surface area contributed by atoms with Crippen molar-refractivity contribution in [3.63, 3.8) is 0 Å². The molecule has 1 amide bonds. The molecule has 0 spiro atoms. The van der Waals surface area contributed by atoms with E-state index in [1.54, 1.807) is 30.3 Å². The highest BCUT2D eigenvalue weighted by atomic mass is 32.2. The van der Waals surface area contributed by atoms with Crippen molar-refractivity contribution >= 4 is 34.6 Å². The van der Waals surface area contributed by atoms with Gasteiger partial charge in [0.2, 0.25) is 0 Å². The predicted molar refractivity (Wildman–Crippen MR) is 96.5 cm³/mol. The second-order valence-corrected chi connectivity index (χ2v) is 6.00. The quantitative estimate of drug-likeness (QED) is 0.833. The molecule has 0 aromatic heterocycles. The molecule has 2 N–H and O–H groups in total. The lowest BCUT2D eigenvalue weighted by molar-refractivity contribution is -0.115. The van der Waals surface area contributed by atoms with Crippen LogP contribution in [0.1, 0.15) is 12.5 Å². The number of rotatable bonds is 4. The van der Waals surface area contributed by atoms with E-state index in [1.807, 2.05) is 31.2 Å². The molecule has 24 heavy (non-hydrogen) atoms. The number of amides is 1. The van der Waals surface area contributed by atoms with E-state index in [0.29, 0.717) is 28.1 Å². The smallest absolute Gasteiger partial charge is 0.264 e. The number of aromatic hydroxyl groups is 1. The number of ether oxygens (including phenoxy) is 1. The predicted octanol–water partition coefficient (Wildman–Crippen LogP) is 3.68. The van der Waals surface area contributed by atoms with Crippen LogP contribution < -0.4 is 10.1 Å². The summed E-state index contributed by atoms with van der Waals surface area (Å²) in [6, 6.07) is 14.1. The lowest BCUT2D eigenvalue weighted by atomic mass is 10.2. The molecule has 0 saturated carbocycles. The summed E-state index contributed by atoms with van der Waals surface area (Å²) in [5, 5.41) is 12.6. The van der Waals surface area contributed by atoms with E-state index in [9.17, 15) is 9.90 Å². The van der Waals surface area contributed by atoms with Gasteiger partial charge in [0.1, 0.15) is 17.2 Å². The highest BCUT2D eigenvalue weighted by Crippen LogP contribution is 2.32.